The average Bonchev–Trinajstić information content (AvgIpc) is 3.60. The molecule has 8 nitrogen and oxygen atoms in total. The number of imidazole rings is 1. The smallest absolute Gasteiger partial charge is 0.265 e. The molecule has 0 radical (unpaired) electrons. The molecule has 10 heteroatoms. The van der Waals surface area contributed by atoms with Crippen LogP contribution in [-0.2, 0) is 23.0 Å². The third kappa shape index (κ3) is 4.66. The minimum absolute atomic E-state index is 0.142. The minimum Gasteiger partial charge on any atom is -0.359 e. The lowest BCUT2D eigenvalue weighted by Crippen LogP contribution is -2.17. The van der Waals surface area contributed by atoms with E-state index in [1.807, 2.05) is 59.3 Å². The maximum absolute atomic E-state index is 13.7. The van der Waals surface area contributed by atoms with Gasteiger partial charge in [0.15, 0.2) is 5.82 Å². The zero-order chi connectivity index (χ0) is 29.0. The maximum Gasteiger partial charge on any atom is 0.265 e. The van der Waals surface area contributed by atoms with Crippen LogP contribution in [-0.4, -0.2) is 27.7 Å². The lowest BCUT2D eigenvalue weighted by Gasteiger charge is -2.25. The molecule has 0 amide bonds. The summed E-state index contributed by atoms with van der Waals surface area (Å²) >= 11 is 6.44. The number of para-hydroxylation sites is 2. The fraction of sp³-hybridized carbons (Fsp3) is 0.250. The molecule has 1 aliphatic rings. The molecule has 1 aliphatic carbocycles. The fourth-order valence-corrected chi connectivity index (χ4v) is 7.18. The third-order valence-corrected chi connectivity index (χ3v) is 10.0. The van der Waals surface area contributed by atoms with E-state index in [2.05, 4.69) is 20.5 Å². The summed E-state index contributed by atoms with van der Waals surface area (Å²) in [6, 6.07) is 20.9. The van der Waals surface area contributed by atoms with Gasteiger partial charge in [0.05, 0.1) is 28.8 Å². The molecule has 0 bridgehead atoms. The molecule has 1 N–H and O–H groups in total. The Hall–Kier alpha value is -4.08. The van der Waals surface area contributed by atoms with Gasteiger partial charge in [0, 0.05) is 28.6 Å². The van der Waals surface area contributed by atoms with E-state index in [4.69, 9.17) is 21.1 Å². The van der Waals surface area contributed by atoms with Gasteiger partial charge in [-0.25, -0.2) is 13.4 Å². The predicted molar refractivity (Wildman–Crippen MR) is 165 cm³/mol. The highest BCUT2D eigenvalue weighted by atomic mass is 35.5. The van der Waals surface area contributed by atoms with Crippen molar-refractivity contribution in [3.8, 4) is 5.69 Å². The van der Waals surface area contributed by atoms with Gasteiger partial charge >= 0.3 is 0 Å². The summed E-state index contributed by atoms with van der Waals surface area (Å²) in [7, 11) is -3.98. The summed E-state index contributed by atoms with van der Waals surface area (Å²) in [6.45, 7) is 4.10. The summed E-state index contributed by atoms with van der Waals surface area (Å²) in [6.07, 6.45) is 6.70. The highest BCUT2D eigenvalue weighted by Gasteiger charge is 2.25. The van der Waals surface area contributed by atoms with Gasteiger partial charge in [0.2, 0.25) is 0 Å². The molecule has 7 rings (SSSR count). The Labute approximate surface area is 249 Å². The van der Waals surface area contributed by atoms with Crippen molar-refractivity contribution in [1.82, 2.24) is 19.3 Å². The van der Waals surface area contributed by atoms with E-state index < -0.39 is 10.0 Å². The van der Waals surface area contributed by atoms with Crippen molar-refractivity contribution in [2.24, 2.45) is 5.92 Å². The number of aryl methyl sites for hydroxylation is 1. The second kappa shape index (κ2) is 10.3. The number of nitrogens with zero attached hydrogens (tertiary/aromatic N) is 4. The van der Waals surface area contributed by atoms with E-state index in [1.54, 1.807) is 26.0 Å². The average molecular weight is 600 g/mol. The first kappa shape index (κ1) is 26.8. The summed E-state index contributed by atoms with van der Waals surface area (Å²) < 4.78 is 39.4. The first-order valence-corrected chi connectivity index (χ1v) is 15.9. The molecule has 1 saturated carbocycles. The van der Waals surface area contributed by atoms with Gasteiger partial charge in [-0.2, -0.15) is 0 Å². The van der Waals surface area contributed by atoms with E-state index in [9.17, 15) is 8.42 Å². The minimum atomic E-state index is -3.98. The quantitative estimate of drug-likeness (QED) is 0.196. The number of sulfonamides is 1. The SMILES string of the molecule is Cc1onc(NS(=O)(=O)c2ccccc2-n2cc(Cn3c(CC4CCC4)nc4ccc(Cl)cc43)c3ccccc32)c1C. The first-order valence-electron chi connectivity index (χ1n) is 14.1. The number of rotatable bonds is 8. The van der Waals surface area contributed by atoms with Crippen molar-refractivity contribution < 1.29 is 12.9 Å². The molecule has 0 spiro atoms. The molecule has 0 saturated heterocycles. The summed E-state index contributed by atoms with van der Waals surface area (Å²) in [5.74, 6) is 2.45. The highest BCUT2D eigenvalue weighted by Crippen LogP contribution is 2.34. The number of nitrogens with one attached hydrogen (secondary N) is 1. The number of fused-ring (bicyclic) bond motifs is 2. The summed E-state index contributed by atoms with van der Waals surface area (Å²) in [5.41, 5.74) is 5.08. The van der Waals surface area contributed by atoms with Crippen molar-refractivity contribution in [2.45, 2.75) is 51.0 Å². The van der Waals surface area contributed by atoms with Crippen LogP contribution >= 0.6 is 11.6 Å². The van der Waals surface area contributed by atoms with Crippen LogP contribution in [0.1, 0.15) is 42.0 Å². The van der Waals surface area contributed by atoms with Gasteiger partial charge in [-0.3, -0.25) is 4.72 Å². The molecule has 0 unspecified atom stereocenters. The Kier molecular flexibility index (Phi) is 6.59. The molecule has 6 aromatic rings. The molecule has 3 heterocycles. The van der Waals surface area contributed by atoms with Crippen molar-refractivity contribution in [1.29, 1.82) is 0 Å². The molecule has 42 heavy (non-hydrogen) atoms. The Morgan fingerprint density at radius 3 is 2.57 bits per heavy atom. The van der Waals surface area contributed by atoms with Crippen LogP contribution in [0, 0.1) is 19.8 Å². The fourth-order valence-electron chi connectivity index (χ4n) is 5.76. The highest BCUT2D eigenvalue weighted by molar-refractivity contribution is 7.92. The van der Waals surface area contributed by atoms with Crippen LogP contribution < -0.4 is 4.72 Å². The molecule has 1 fully saturated rings. The van der Waals surface area contributed by atoms with Crippen LogP contribution in [0.5, 0.6) is 0 Å². The standard InChI is InChI=1S/C32H30ClN5O3S/c1-20-21(2)41-35-32(20)36-42(39,40)30-13-6-5-12-28(30)37-18-23(25-10-3-4-11-27(25)37)19-38-29-17-24(33)14-15-26(29)34-31(38)16-22-8-7-9-22/h3-6,10-15,17-18,22H,7-9,16,19H2,1-2H3,(H,35,36). The summed E-state index contributed by atoms with van der Waals surface area (Å²) in [5, 5.41) is 5.62. The normalized spacial score (nSPS) is 14.1. The first-order chi connectivity index (χ1) is 20.3. The second-order valence-electron chi connectivity index (χ2n) is 11.1. The van der Waals surface area contributed by atoms with Gasteiger partial charge in [-0.1, -0.05) is 66.4 Å². The van der Waals surface area contributed by atoms with Crippen LogP contribution in [0.4, 0.5) is 5.82 Å². The Bertz CT molecular complexity index is 2070. The Balaban J connectivity index is 1.34. The Morgan fingerprint density at radius 1 is 1.02 bits per heavy atom. The van der Waals surface area contributed by atoms with Gasteiger partial charge in [0.1, 0.15) is 16.5 Å². The van der Waals surface area contributed by atoms with Crippen LogP contribution in [0.2, 0.25) is 5.02 Å². The van der Waals surface area contributed by atoms with E-state index in [-0.39, 0.29) is 10.7 Å². The van der Waals surface area contributed by atoms with Gasteiger partial charge in [0.25, 0.3) is 10.0 Å². The number of benzene rings is 3. The third-order valence-electron chi connectivity index (χ3n) is 8.41. The number of aromatic nitrogens is 4. The van der Waals surface area contributed by atoms with Crippen molar-refractivity contribution >= 4 is 49.4 Å². The van der Waals surface area contributed by atoms with Crippen LogP contribution in [0.25, 0.3) is 27.6 Å². The molecular weight excluding hydrogens is 570 g/mol. The number of anilines is 1. The predicted octanol–water partition coefficient (Wildman–Crippen LogP) is 7.43. The lowest BCUT2D eigenvalue weighted by molar-refractivity contribution is 0.307. The monoisotopic (exact) mass is 599 g/mol. The molecule has 0 aliphatic heterocycles. The second-order valence-corrected chi connectivity index (χ2v) is 13.2. The van der Waals surface area contributed by atoms with E-state index >= 15 is 0 Å². The molecular formula is C32H30ClN5O3S. The van der Waals surface area contributed by atoms with Gasteiger partial charge < -0.3 is 13.7 Å². The number of halogens is 1. The molecule has 3 aromatic carbocycles. The van der Waals surface area contributed by atoms with E-state index in [1.165, 1.54) is 19.3 Å². The topological polar surface area (TPSA) is 95.0 Å². The Morgan fingerprint density at radius 2 is 1.81 bits per heavy atom. The van der Waals surface area contributed by atoms with E-state index in [0.29, 0.717) is 34.5 Å². The van der Waals surface area contributed by atoms with Gasteiger partial charge in [-0.15, -0.1) is 0 Å². The van der Waals surface area contributed by atoms with Crippen molar-refractivity contribution in [3.05, 3.63) is 101 Å². The largest absolute Gasteiger partial charge is 0.359 e. The summed E-state index contributed by atoms with van der Waals surface area (Å²) in [4.78, 5) is 5.15. The van der Waals surface area contributed by atoms with Crippen molar-refractivity contribution in [3.63, 3.8) is 0 Å². The van der Waals surface area contributed by atoms with Crippen molar-refractivity contribution in [2.75, 3.05) is 4.72 Å². The molecule has 0 atom stereocenters. The van der Waals surface area contributed by atoms with Crippen LogP contribution in [0.15, 0.2) is 82.3 Å². The van der Waals surface area contributed by atoms with Crippen LogP contribution in [0.3, 0.4) is 0 Å². The molecule has 3 aromatic heterocycles. The zero-order valence-corrected chi connectivity index (χ0v) is 24.9. The van der Waals surface area contributed by atoms with Gasteiger partial charge in [-0.05, 0) is 61.7 Å². The lowest BCUT2D eigenvalue weighted by atomic mass is 9.83. The number of hydrogen-bond donors (Lipinski definition) is 1. The number of hydrogen-bond acceptors (Lipinski definition) is 5. The molecule has 214 valence electrons. The van der Waals surface area contributed by atoms with E-state index in [0.717, 1.165) is 39.7 Å². The zero-order valence-electron chi connectivity index (χ0n) is 23.3. The maximum atomic E-state index is 13.7.